The van der Waals surface area contributed by atoms with E-state index in [1.807, 2.05) is 0 Å². The molecule has 4 rings (SSSR count). The van der Waals surface area contributed by atoms with Crippen LogP contribution >= 0.6 is 23.2 Å². The van der Waals surface area contributed by atoms with Gasteiger partial charge in [0.1, 0.15) is 12.4 Å². The zero-order valence-corrected chi connectivity index (χ0v) is 17.1. The average molecular weight is 433 g/mol. The van der Waals surface area contributed by atoms with Crippen molar-refractivity contribution < 1.29 is 14.3 Å². The third kappa shape index (κ3) is 4.46. The lowest BCUT2D eigenvalue weighted by atomic mass is 10.2. The zero-order valence-electron chi connectivity index (χ0n) is 15.6. The van der Waals surface area contributed by atoms with Crippen LogP contribution in [0.15, 0.2) is 36.4 Å². The number of fused-ring (bicyclic) bond motifs is 1. The summed E-state index contributed by atoms with van der Waals surface area (Å²) in [6.45, 7) is 2.95. The van der Waals surface area contributed by atoms with E-state index in [1.165, 1.54) is 4.68 Å². The number of nitrogens with one attached hydrogen (secondary N) is 1. The molecule has 9 heteroatoms. The van der Waals surface area contributed by atoms with Crippen molar-refractivity contribution in [2.24, 2.45) is 0 Å². The maximum Gasteiger partial charge on any atom is 0.246 e. The fourth-order valence-electron chi connectivity index (χ4n) is 2.99. The predicted molar refractivity (Wildman–Crippen MR) is 111 cm³/mol. The van der Waals surface area contributed by atoms with E-state index in [1.54, 1.807) is 43.3 Å². The van der Waals surface area contributed by atoms with Crippen LogP contribution in [0.4, 0.5) is 5.69 Å². The Labute approximate surface area is 177 Å². The molecule has 150 valence electrons. The highest BCUT2D eigenvalue weighted by molar-refractivity contribution is 6.42. The Morgan fingerprint density at radius 3 is 2.69 bits per heavy atom. The largest absolute Gasteiger partial charge is 0.490 e. The lowest BCUT2D eigenvalue weighted by molar-refractivity contribution is -0.116. The summed E-state index contributed by atoms with van der Waals surface area (Å²) in [5, 5.41) is 8.05. The molecule has 0 aliphatic carbocycles. The van der Waals surface area contributed by atoms with Gasteiger partial charge >= 0.3 is 0 Å². The maximum absolute atomic E-state index is 12.6. The summed E-state index contributed by atoms with van der Waals surface area (Å²) in [7, 11) is 0. The Balaban J connectivity index is 1.52. The molecule has 0 fully saturated rings. The summed E-state index contributed by atoms with van der Waals surface area (Å²) in [5.41, 5.74) is 1.34. The van der Waals surface area contributed by atoms with E-state index in [-0.39, 0.29) is 12.5 Å². The van der Waals surface area contributed by atoms with Gasteiger partial charge in [0, 0.05) is 23.7 Å². The minimum Gasteiger partial charge on any atom is -0.490 e. The molecule has 0 bridgehead atoms. The fourth-order valence-corrected chi connectivity index (χ4v) is 3.29. The first-order chi connectivity index (χ1) is 14.0. The second-order valence-corrected chi connectivity index (χ2v) is 7.34. The summed E-state index contributed by atoms with van der Waals surface area (Å²) in [5.74, 6) is 2.14. The molecule has 0 atom stereocenters. The van der Waals surface area contributed by atoms with Gasteiger partial charge in [0.05, 0.1) is 23.3 Å². The average Bonchev–Trinajstić information content (AvgIpc) is 2.89. The molecule has 2 heterocycles. The van der Waals surface area contributed by atoms with Crippen LogP contribution in [-0.2, 0) is 11.3 Å². The van der Waals surface area contributed by atoms with E-state index < -0.39 is 0 Å². The van der Waals surface area contributed by atoms with E-state index in [0.29, 0.717) is 52.1 Å². The number of nitrogens with zero attached hydrogens (tertiary/aromatic N) is 3. The van der Waals surface area contributed by atoms with Crippen LogP contribution in [0.3, 0.4) is 0 Å². The van der Waals surface area contributed by atoms with Gasteiger partial charge in [-0.1, -0.05) is 23.2 Å². The van der Waals surface area contributed by atoms with Crippen molar-refractivity contribution in [1.29, 1.82) is 0 Å². The summed E-state index contributed by atoms with van der Waals surface area (Å²) in [6.07, 6.45) is 0.819. The van der Waals surface area contributed by atoms with Crippen LogP contribution in [0.2, 0.25) is 10.0 Å². The van der Waals surface area contributed by atoms with Crippen molar-refractivity contribution in [3.63, 3.8) is 0 Å². The second kappa shape index (κ2) is 8.31. The minimum atomic E-state index is -0.245. The first-order valence-electron chi connectivity index (χ1n) is 9.06. The molecule has 1 aliphatic heterocycles. The van der Waals surface area contributed by atoms with Gasteiger partial charge in [-0.25, -0.2) is 9.67 Å². The Kier molecular flexibility index (Phi) is 5.60. The lowest BCUT2D eigenvalue weighted by Gasteiger charge is -2.11. The molecule has 1 aliphatic rings. The number of benzene rings is 2. The smallest absolute Gasteiger partial charge is 0.246 e. The van der Waals surface area contributed by atoms with Crippen LogP contribution in [0.1, 0.15) is 12.2 Å². The van der Waals surface area contributed by atoms with Crippen molar-refractivity contribution in [3.05, 3.63) is 52.3 Å². The third-order valence-corrected chi connectivity index (χ3v) is 5.02. The molecule has 3 aromatic rings. The Morgan fingerprint density at radius 1 is 1.10 bits per heavy atom. The highest BCUT2D eigenvalue weighted by atomic mass is 35.5. The summed E-state index contributed by atoms with van der Waals surface area (Å²) in [4.78, 5) is 17.0. The molecular formula is C20H18Cl2N4O3. The molecule has 0 radical (unpaired) electrons. The molecule has 0 saturated carbocycles. The summed E-state index contributed by atoms with van der Waals surface area (Å²) < 4.78 is 12.8. The highest BCUT2D eigenvalue weighted by Gasteiger charge is 2.16. The van der Waals surface area contributed by atoms with Crippen LogP contribution < -0.4 is 14.8 Å². The first-order valence-corrected chi connectivity index (χ1v) is 9.81. The number of carbonyl (C=O) groups excluding carboxylic acids is 1. The van der Waals surface area contributed by atoms with Crippen molar-refractivity contribution in [1.82, 2.24) is 14.8 Å². The summed E-state index contributed by atoms with van der Waals surface area (Å²) >= 11 is 12.1. The number of carbonyl (C=O) groups is 1. The number of hydrogen-bond acceptors (Lipinski definition) is 5. The molecule has 0 spiro atoms. The number of halogens is 2. The van der Waals surface area contributed by atoms with Crippen molar-refractivity contribution in [3.8, 4) is 22.9 Å². The molecule has 0 saturated heterocycles. The van der Waals surface area contributed by atoms with Gasteiger partial charge in [0.15, 0.2) is 17.3 Å². The normalized spacial score (nSPS) is 13.1. The van der Waals surface area contributed by atoms with E-state index in [4.69, 9.17) is 32.7 Å². The van der Waals surface area contributed by atoms with Gasteiger partial charge in [-0.3, -0.25) is 4.79 Å². The SMILES string of the molecule is Cc1nc(-c2ccc(Cl)c(Cl)c2)n(CC(=O)Nc2ccc3c(c2)OCCCO3)n1. The van der Waals surface area contributed by atoms with Gasteiger partial charge in [0.2, 0.25) is 5.91 Å². The molecule has 29 heavy (non-hydrogen) atoms. The lowest BCUT2D eigenvalue weighted by Crippen LogP contribution is -2.20. The molecular weight excluding hydrogens is 415 g/mol. The van der Waals surface area contributed by atoms with Gasteiger partial charge in [-0.15, -0.1) is 0 Å². The van der Waals surface area contributed by atoms with Crippen LogP contribution in [0.5, 0.6) is 11.5 Å². The zero-order chi connectivity index (χ0) is 20.4. The number of aryl methyl sites for hydroxylation is 1. The molecule has 2 aromatic carbocycles. The predicted octanol–water partition coefficient (Wildman–Crippen LogP) is 4.36. The monoisotopic (exact) mass is 432 g/mol. The van der Waals surface area contributed by atoms with E-state index in [2.05, 4.69) is 15.4 Å². The molecule has 0 unspecified atom stereocenters. The number of amides is 1. The van der Waals surface area contributed by atoms with Crippen LogP contribution in [0.25, 0.3) is 11.4 Å². The van der Waals surface area contributed by atoms with E-state index in [9.17, 15) is 4.79 Å². The van der Waals surface area contributed by atoms with Gasteiger partial charge < -0.3 is 14.8 Å². The van der Waals surface area contributed by atoms with E-state index in [0.717, 1.165) is 12.0 Å². The number of ether oxygens (including phenoxy) is 2. The van der Waals surface area contributed by atoms with Gasteiger partial charge in [-0.2, -0.15) is 5.10 Å². The van der Waals surface area contributed by atoms with Crippen LogP contribution in [0, 0.1) is 6.92 Å². The molecule has 1 amide bonds. The Hall–Kier alpha value is -2.77. The number of hydrogen-bond donors (Lipinski definition) is 1. The number of aromatic nitrogens is 3. The number of rotatable bonds is 4. The first kappa shape index (κ1) is 19.5. The highest BCUT2D eigenvalue weighted by Crippen LogP contribution is 2.32. The quantitative estimate of drug-likeness (QED) is 0.662. The van der Waals surface area contributed by atoms with Gasteiger partial charge in [-0.05, 0) is 37.3 Å². The number of anilines is 1. The summed E-state index contributed by atoms with van der Waals surface area (Å²) in [6, 6.07) is 10.5. The molecule has 7 nitrogen and oxygen atoms in total. The van der Waals surface area contributed by atoms with Crippen molar-refractivity contribution in [2.75, 3.05) is 18.5 Å². The molecule has 1 N–H and O–H groups in total. The second-order valence-electron chi connectivity index (χ2n) is 6.53. The van der Waals surface area contributed by atoms with Gasteiger partial charge in [0.25, 0.3) is 0 Å². The Bertz CT molecular complexity index is 1070. The maximum atomic E-state index is 12.6. The topological polar surface area (TPSA) is 78.3 Å². The molecule has 1 aromatic heterocycles. The standard InChI is InChI=1S/C20H18Cl2N4O3/c1-12-23-20(13-3-5-15(21)16(22)9-13)26(25-12)11-19(27)24-14-4-6-17-18(10-14)29-8-2-7-28-17/h3-6,9-10H,2,7-8,11H2,1H3,(H,24,27). The minimum absolute atomic E-state index is 0.00907. The van der Waals surface area contributed by atoms with E-state index >= 15 is 0 Å². The third-order valence-electron chi connectivity index (χ3n) is 4.28. The van der Waals surface area contributed by atoms with Crippen molar-refractivity contribution in [2.45, 2.75) is 19.9 Å². The fraction of sp³-hybridized carbons (Fsp3) is 0.250. The Morgan fingerprint density at radius 2 is 1.90 bits per heavy atom. The van der Waals surface area contributed by atoms with Crippen molar-refractivity contribution >= 4 is 34.8 Å². The van der Waals surface area contributed by atoms with Crippen LogP contribution in [-0.4, -0.2) is 33.9 Å².